The van der Waals surface area contributed by atoms with Crippen molar-refractivity contribution < 1.29 is 23.7 Å². The largest absolute Gasteiger partial charge is 0.374 e. The van der Waals surface area contributed by atoms with Gasteiger partial charge in [-0.2, -0.15) is 0 Å². The van der Waals surface area contributed by atoms with Crippen molar-refractivity contribution in [1.29, 1.82) is 0 Å². The van der Waals surface area contributed by atoms with E-state index in [1.54, 1.807) is 0 Å². The van der Waals surface area contributed by atoms with Gasteiger partial charge in [0.1, 0.15) is 12.2 Å². The number of hydrogen-bond donors (Lipinski definition) is 0. The number of methoxy groups -OCH3 is 1. The summed E-state index contributed by atoms with van der Waals surface area (Å²) >= 11 is 0. The van der Waals surface area contributed by atoms with Crippen LogP contribution in [0.5, 0.6) is 0 Å². The van der Waals surface area contributed by atoms with Gasteiger partial charge in [-0.25, -0.2) is 0 Å². The lowest BCUT2D eigenvalue weighted by molar-refractivity contribution is -0.226. The van der Waals surface area contributed by atoms with Gasteiger partial charge in [0.15, 0.2) is 12.1 Å². The van der Waals surface area contributed by atoms with E-state index in [1.807, 2.05) is 60.7 Å². The summed E-state index contributed by atoms with van der Waals surface area (Å²) in [6.45, 7) is 1.07. The van der Waals surface area contributed by atoms with Crippen LogP contribution in [0.3, 0.4) is 0 Å². The molecular formula is C21H24O5. The second-order valence-electron chi connectivity index (χ2n) is 6.23. The molecule has 0 amide bonds. The molecule has 0 aromatic heterocycles. The monoisotopic (exact) mass is 356 g/mol. The van der Waals surface area contributed by atoms with E-state index >= 15 is 0 Å². The molecule has 0 spiro atoms. The zero-order valence-corrected chi connectivity index (χ0v) is 14.9. The highest BCUT2D eigenvalue weighted by Crippen LogP contribution is 2.22. The standard InChI is InChI=1S/C21H24O5/c1-23-20-12-18(22)21(25-14-17-10-6-3-7-11-17)19(26-20)15-24-13-16-8-4-2-5-9-16/h2-11,19-21H,12-15H2,1H3/t19-,20+,21+/m1/s1. The molecule has 2 aromatic rings. The summed E-state index contributed by atoms with van der Waals surface area (Å²) in [5.74, 6) is -0.0210. The Morgan fingerprint density at radius 1 is 0.962 bits per heavy atom. The lowest BCUT2D eigenvalue weighted by Gasteiger charge is -2.34. The van der Waals surface area contributed by atoms with Crippen LogP contribution >= 0.6 is 0 Å². The molecule has 1 fully saturated rings. The first-order valence-electron chi connectivity index (χ1n) is 8.74. The van der Waals surface area contributed by atoms with Gasteiger partial charge in [-0.15, -0.1) is 0 Å². The fourth-order valence-electron chi connectivity index (χ4n) is 2.90. The molecule has 0 unspecified atom stereocenters. The van der Waals surface area contributed by atoms with Crippen LogP contribution in [0.15, 0.2) is 60.7 Å². The highest BCUT2D eigenvalue weighted by Gasteiger charge is 2.38. The molecule has 3 atom stereocenters. The van der Waals surface area contributed by atoms with Crippen molar-refractivity contribution in [2.45, 2.75) is 38.1 Å². The van der Waals surface area contributed by atoms with Crippen LogP contribution in [-0.4, -0.2) is 38.0 Å². The summed E-state index contributed by atoms with van der Waals surface area (Å²) in [5, 5.41) is 0. The predicted octanol–water partition coefficient (Wildman–Crippen LogP) is 3.12. The third-order valence-electron chi connectivity index (χ3n) is 4.28. The Labute approximate surface area is 153 Å². The van der Waals surface area contributed by atoms with Gasteiger partial charge >= 0.3 is 0 Å². The van der Waals surface area contributed by atoms with Gasteiger partial charge in [0, 0.05) is 7.11 Å². The van der Waals surface area contributed by atoms with Crippen molar-refractivity contribution in [2.75, 3.05) is 13.7 Å². The Balaban J connectivity index is 1.58. The van der Waals surface area contributed by atoms with E-state index < -0.39 is 18.5 Å². The van der Waals surface area contributed by atoms with Crippen molar-refractivity contribution in [2.24, 2.45) is 0 Å². The van der Waals surface area contributed by atoms with Gasteiger partial charge in [0.25, 0.3) is 0 Å². The van der Waals surface area contributed by atoms with Gasteiger partial charge in [-0.1, -0.05) is 60.7 Å². The lowest BCUT2D eigenvalue weighted by atomic mass is 10.0. The first-order valence-corrected chi connectivity index (χ1v) is 8.74. The molecule has 1 aliphatic rings. The summed E-state index contributed by atoms with van der Waals surface area (Å²) in [5.41, 5.74) is 2.08. The molecule has 138 valence electrons. The smallest absolute Gasteiger partial charge is 0.169 e. The van der Waals surface area contributed by atoms with Crippen LogP contribution in [0.2, 0.25) is 0 Å². The van der Waals surface area contributed by atoms with E-state index in [-0.39, 0.29) is 18.8 Å². The third kappa shape index (κ3) is 5.22. The molecule has 2 aromatic carbocycles. The highest BCUT2D eigenvalue weighted by atomic mass is 16.7. The summed E-state index contributed by atoms with van der Waals surface area (Å²) in [6, 6.07) is 19.6. The fraction of sp³-hybridized carbons (Fsp3) is 0.381. The Morgan fingerprint density at radius 2 is 1.58 bits per heavy atom. The normalized spacial score (nSPS) is 23.1. The van der Waals surface area contributed by atoms with Gasteiger partial charge in [0.05, 0.1) is 26.2 Å². The Bertz CT molecular complexity index is 673. The van der Waals surface area contributed by atoms with E-state index in [9.17, 15) is 4.79 Å². The van der Waals surface area contributed by atoms with Crippen LogP contribution in [0.4, 0.5) is 0 Å². The number of benzene rings is 2. The highest BCUT2D eigenvalue weighted by molar-refractivity contribution is 5.84. The SMILES string of the molecule is CO[C@@H]1CC(=O)[C@H](OCc2ccccc2)[C@@H](COCc2ccccc2)O1. The summed E-state index contributed by atoms with van der Waals surface area (Å²) < 4.78 is 22.7. The number of ether oxygens (including phenoxy) is 4. The van der Waals surface area contributed by atoms with E-state index in [0.29, 0.717) is 13.2 Å². The molecule has 5 nitrogen and oxygen atoms in total. The molecule has 1 aliphatic heterocycles. The molecule has 0 aliphatic carbocycles. The van der Waals surface area contributed by atoms with Crippen molar-refractivity contribution in [3.05, 3.63) is 71.8 Å². The van der Waals surface area contributed by atoms with Crippen molar-refractivity contribution in [3.8, 4) is 0 Å². The molecule has 1 heterocycles. The number of carbonyl (C=O) groups is 1. The first-order chi connectivity index (χ1) is 12.8. The van der Waals surface area contributed by atoms with Crippen molar-refractivity contribution >= 4 is 5.78 Å². The molecule has 5 heteroatoms. The van der Waals surface area contributed by atoms with Crippen LogP contribution in [0.1, 0.15) is 17.5 Å². The maximum Gasteiger partial charge on any atom is 0.169 e. The number of ketones is 1. The van der Waals surface area contributed by atoms with Crippen LogP contribution in [-0.2, 0) is 37.0 Å². The molecule has 0 radical (unpaired) electrons. The van der Waals surface area contributed by atoms with E-state index in [1.165, 1.54) is 7.11 Å². The minimum atomic E-state index is -0.655. The molecular weight excluding hydrogens is 332 g/mol. The Hall–Kier alpha value is -2.05. The minimum absolute atomic E-state index is 0.0210. The third-order valence-corrected chi connectivity index (χ3v) is 4.28. The minimum Gasteiger partial charge on any atom is -0.374 e. The van der Waals surface area contributed by atoms with E-state index in [4.69, 9.17) is 18.9 Å². The summed E-state index contributed by atoms with van der Waals surface area (Å²) in [7, 11) is 1.53. The molecule has 0 N–H and O–H groups in total. The van der Waals surface area contributed by atoms with Crippen LogP contribution < -0.4 is 0 Å². The average Bonchev–Trinajstić information content (AvgIpc) is 2.68. The van der Waals surface area contributed by atoms with Gasteiger partial charge in [-0.05, 0) is 11.1 Å². The molecule has 1 saturated heterocycles. The Kier molecular flexibility index (Phi) is 6.91. The zero-order chi connectivity index (χ0) is 18.2. The van der Waals surface area contributed by atoms with Crippen LogP contribution in [0.25, 0.3) is 0 Å². The number of hydrogen-bond acceptors (Lipinski definition) is 5. The Morgan fingerprint density at radius 3 is 2.19 bits per heavy atom. The fourth-order valence-corrected chi connectivity index (χ4v) is 2.90. The topological polar surface area (TPSA) is 54.0 Å². The maximum atomic E-state index is 12.5. The van der Waals surface area contributed by atoms with Crippen LogP contribution in [0, 0.1) is 0 Å². The lowest BCUT2D eigenvalue weighted by Crippen LogP contribution is -2.49. The molecule has 0 saturated carbocycles. The summed E-state index contributed by atoms with van der Waals surface area (Å²) in [4.78, 5) is 12.5. The zero-order valence-electron chi connectivity index (χ0n) is 14.9. The van der Waals surface area contributed by atoms with Crippen molar-refractivity contribution in [1.82, 2.24) is 0 Å². The van der Waals surface area contributed by atoms with Gasteiger partial charge < -0.3 is 18.9 Å². The maximum absolute atomic E-state index is 12.5. The predicted molar refractivity (Wildman–Crippen MR) is 96.4 cm³/mol. The number of carbonyl (C=O) groups excluding carboxylic acids is 1. The number of Topliss-reactive ketones (excluding diaryl/α,β-unsaturated/α-hetero) is 1. The van der Waals surface area contributed by atoms with Crippen molar-refractivity contribution in [3.63, 3.8) is 0 Å². The average molecular weight is 356 g/mol. The quantitative estimate of drug-likeness (QED) is 0.727. The second kappa shape index (κ2) is 9.59. The molecule has 0 bridgehead atoms. The van der Waals surface area contributed by atoms with Gasteiger partial charge in [-0.3, -0.25) is 4.79 Å². The van der Waals surface area contributed by atoms with E-state index in [2.05, 4.69) is 0 Å². The van der Waals surface area contributed by atoms with E-state index in [0.717, 1.165) is 11.1 Å². The number of rotatable bonds is 8. The summed E-state index contributed by atoms with van der Waals surface area (Å²) in [6.07, 6.45) is -1.51. The molecule has 26 heavy (non-hydrogen) atoms. The van der Waals surface area contributed by atoms with Gasteiger partial charge in [0.2, 0.25) is 0 Å². The second-order valence-corrected chi connectivity index (χ2v) is 6.23. The molecule has 3 rings (SSSR count). The first kappa shape index (κ1) is 18.7.